The molecule has 2 aliphatic rings. The molecule has 0 bridgehead atoms. The lowest BCUT2D eigenvalue weighted by Gasteiger charge is -2.31. The molecule has 2 fully saturated rings. The third-order valence-corrected chi connectivity index (χ3v) is 8.35. The molecule has 0 saturated carbocycles. The van der Waals surface area contributed by atoms with Crippen LogP contribution in [0.4, 0.5) is 0 Å². The largest absolute Gasteiger partial charge is 0.481 e. The smallest absolute Gasteiger partial charge is 0.326 e. The summed E-state index contributed by atoms with van der Waals surface area (Å²) in [5.41, 5.74) is 5.31. The number of carbonyl (C=O) groups excluding carboxylic acids is 6. The second-order valence-corrected chi connectivity index (χ2v) is 12.3. The number of nitrogens with zero attached hydrogens (tertiary/aromatic N) is 2. The Kier molecular flexibility index (Phi) is 16.0. The number of guanidine groups is 1. The van der Waals surface area contributed by atoms with Crippen LogP contribution in [0.25, 0.3) is 0 Å². The van der Waals surface area contributed by atoms with Gasteiger partial charge in [0.25, 0.3) is 0 Å². The molecule has 0 aliphatic carbocycles. The summed E-state index contributed by atoms with van der Waals surface area (Å²) >= 11 is 0. The van der Waals surface area contributed by atoms with Crippen LogP contribution >= 0.6 is 0 Å². The Morgan fingerprint density at radius 3 is 1.88 bits per heavy atom. The molecule has 21 nitrogen and oxygen atoms in total. The molecule has 21 heteroatoms. The van der Waals surface area contributed by atoms with Gasteiger partial charge in [-0.25, -0.2) is 4.79 Å². The summed E-state index contributed by atoms with van der Waals surface area (Å²) < 4.78 is 0. The van der Waals surface area contributed by atoms with Crippen molar-refractivity contribution in [2.45, 2.75) is 108 Å². The molecular formula is C30H47N9O12. The van der Waals surface area contributed by atoms with E-state index in [2.05, 4.69) is 26.6 Å². The van der Waals surface area contributed by atoms with Gasteiger partial charge >= 0.3 is 17.9 Å². The molecule has 0 radical (unpaired) electrons. The Labute approximate surface area is 292 Å². The third-order valence-electron chi connectivity index (χ3n) is 8.35. The van der Waals surface area contributed by atoms with Crippen molar-refractivity contribution < 1.29 is 58.5 Å². The molecule has 0 aromatic carbocycles. The maximum absolute atomic E-state index is 13.8. The number of aliphatic carboxylic acids is 3. The molecule has 0 aromatic heterocycles. The second kappa shape index (κ2) is 19.6. The summed E-state index contributed by atoms with van der Waals surface area (Å²) in [6, 6.07) is -7.92. The summed E-state index contributed by atoms with van der Waals surface area (Å²) in [6.45, 7) is 2.77. The van der Waals surface area contributed by atoms with Crippen LogP contribution < -0.4 is 32.3 Å². The zero-order valence-corrected chi connectivity index (χ0v) is 28.4. The number of hydrogen-bond acceptors (Lipinski definition) is 10. The number of amides is 6. The predicted molar refractivity (Wildman–Crippen MR) is 174 cm³/mol. The van der Waals surface area contributed by atoms with Gasteiger partial charge < -0.3 is 57.4 Å². The van der Waals surface area contributed by atoms with Gasteiger partial charge in [0.2, 0.25) is 35.4 Å². The SMILES string of the molecule is CC(=O)N[C@@H](C)C(=O)N[C@@H](CCC(=O)O)C(=O)N[C@@H](CC(=O)O)C(=O)N1CCC[C@H]1C(=O)N[C@@H](CCCNC(=N)N)C(=O)N1CCC[C@H]1C(=O)O. The topological polar surface area (TPSA) is 331 Å². The minimum Gasteiger partial charge on any atom is -0.481 e. The van der Waals surface area contributed by atoms with Crippen molar-refractivity contribution in [1.82, 2.24) is 36.4 Å². The second-order valence-electron chi connectivity index (χ2n) is 12.3. The Bertz CT molecular complexity index is 1380. The van der Waals surface area contributed by atoms with Gasteiger partial charge in [-0.15, -0.1) is 0 Å². The van der Waals surface area contributed by atoms with Gasteiger partial charge in [-0.05, 0) is 51.9 Å². The number of nitrogens with one attached hydrogen (secondary N) is 6. The van der Waals surface area contributed by atoms with E-state index in [1.54, 1.807) is 0 Å². The monoisotopic (exact) mass is 725 g/mol. The van der Waals surface area contributed by atoms with Gasteiger partial charge in [0.15, 0.2) is 5.96 Å². The lowest BCUT2D eigenvalue weighted by molar-refractivity contribution is -0.150. The highest BCUT2D eigenvalue weighted by Gasteiger charge is 2.42. The van der Waals surface area contributed by atoms with Crippen molar-refractivity contribution in [1.29, 1.82) is 5.41 Å². The molecule has 2 heterocycles. The van der Waals surface area contributed by atoms with Crippen LogP contribution in [0.5, 0.6) is 0 Å². The van der Waals surface area contributed by atoms with Crippen LogP contribution in [0.2, 0.25) is 0 Å². The Hall–Kier alpha value is -5.50. The quantitative estimate of drug-likeness (QED) is 0.0353. The van der Waals surface area contributed by atoms with Gasteiger partial charge in [0.1, 0.15) is 36.3 Å². The molecular weight excluding hydrogens is 678 g/mol. The Morgan fingerprint density at radius 2 is 1.33 bits per heavy atom. The summed E-state index contributed by atoms with van der Waals surface area (Å²) in [6.07, 6.45) is -0.638. The highest BCUT2D eigenvalue weighted by atomic mass is 16.4. The van der Waals surface area contributed by atoms with Gasteiger partial charge in [0, 0.05) is 33.0 Å². The zero-order valence-electron chi connectivity index (χ0n) is 28.4. The lowest BCUT2D eigenvalue weighted by Crippen LogP contribution is -2.59. The van der Waals surface area contributed by atoms with Crippen LogP contribution in [-0.2, 0) is 43.2 Å². The average molecular weight is 726 g/mol. The molecule has 51 heavy (non-hydrogen) atoms. The third kappa shape index (κ3) is 13.0. The molecule has 284 valence electrons. The standard InChI is InChI=1S/C30H47N9O12/c1-15(34-16(2)40)24(45)35-17(9-10-22(41)42)25(46)37-19(14-23(43)44)28(49)38-12-4-7-20(38)26(47)36-18(6-3-11-33-30(31)32)27(48)39-13-5-8-21(39)29(50)51/h15,17-21H,3-14H2,1-2H3,(H,34,40)(H,35,45)(H,36,47)(H,37,46)(H,41,42)(H,43,44)(H,50,51)(H4,31,32,33)/t15-,17-,18-,19-,20-,21-/m0/s1. The van der Waals surface area contributed by atoms with Crippen molar-refractivity contribution in [2.75, 3.05) is 19.6 Å². The van der Waals surface area contributed by atoms with E-state index in [-0.39, 0.29) is 51.3 Å². The first kappa shape index (κ1) is 41.7. The van der Waals surface area contributed by atoms with E-state index >= 15 is 0 Å². The van der Waals surface area contributed by atoms with Crippen LogP contribution in [0.15, 0.2) is 0 Å². The van der Waals surface area contributed by atoms with Crippen molar-refractivity contribution in [3.8, 4) is 0 Å². The molecule has 2 aliphatic heterocycles. The molecule has 6 amide bonds. The fourth-order valence-corrected chi connectivity index (χ4v) is 5.90. The van der Waals surface area contributed by atoms with E-state index < -0.39 is 109 Å². The molecule has 11 N–H and O–H groups in total. The number of rotatable bonds is 19. The van der Waals surface area contributed by atoms with E-state index in [1.807, 2.05) is 0 Å². The van der Waals surface area contributed by atoms with Gasteiger partial charge in [-0.1, -0.05) is 0 Å². The first-order valence-corrected chi connectivity index (χ1v) is 16.5. The van der Waals surface area contributed by atoms with Gasteiger partial charge in [0.05, 0.1) is 6.42 Å². The van der Waals surface area contributed by atoms with Crippen molar-refractivity contribution in [2.24, 2.45) is 5.73 Å². The van der Waals surface area contributed by atoms with Gasteiger partial charge in [-0.3, -0.25) is 43.8 Å². The summed E-state index contributed by atoms with van der Waals surface area (Å²) in [5.74, 6) is -9.19. The van der Waals surface area contributed by atoms with E-state index in [0.29, 0.717) is 12.8 Å². The predicted octanol–water partition coefficient (Wildman–Crippen LogP) is -3.37. The van der Waals surface area contributed by atoms with E-state index in [0.717, 1.165) is 16.7 Å². The molecule has 0 spiro atoms. The highest BCUT2D eigenvalue weighted by molar-refractivity contribution is 5.98. The minimum atomic E-state index is -1.75. The molecule has 2 saturated heterocycles. The van der Waals surface area contributed by atoms with Crippen LogP contribution in [-0.4, -0.2) is 140 Å². The van der Waals surface area contributed by atoms with E-state index in [1.165, 1.54) is 6.92 Å². The lowest BCUT2D eigenvalue weighted by atomic mass is 10.1. The summed E-state index contributed by atoms with van der Waals surface area (Å²) in [7, 11) is 0. The van der Waals surface area contributed by atoms with Crippen molar-refractivity contribution >= 4 is 59.3 Å². The minimum absolute atomic E-state index is 0.0231. The highest BCUT2D eigenvalue weighted by Crippen LogP contribution is 2.22. The molecule has 0 unspecified atom stereocenters. The number of nitrogens with two attached hydrogens (primary N) is 1. The zero-order chi connectivity index (χ0) is 38.4. The van der Waals surface area contributed by atoms with E-state index in [9.17, 15) is 53.4 Å². The van der Waals surface area contributed by atoms with Crippen LogP contribution in [0.3, 0.4) is 0 Å². The molecule has 2 rings (SSSR count). The number of carbonyl (C=O) groups is 9. The van der Waals surface area contributed by atoms with Crippen LogP contribution in [0, 0.1) is 5.41 Å². The normalized spacial score (nSPS) is 19.1. The van der Waals surface area contributed by atoms with E-state index in [4.69, 9.17) is 16.2 Å². The average Bonchev–Trinajstić information content (AvgIpc) is 3.73. The Balaban J connectivity index is 2.27. The number of carboxylic acid groups (broad SMARTS) is 3. The molecule has 6 atom stereocenters. The van der Waals surface area contributed by atoms with Gasteiger partial charge in [-0.2, -0.15) is 0 Å². The Morgan fingerprint density at radius 1 is 0.765 bits per heavy atom. The number of likely N-dealkylation sites (tertiary alicyclic amines) is 2. The first-order valence-electron chi connectivity index (χ1n) is 16.5. The maximum Gasteiger partial charge on any atom is 0.326 e. The fourth-order valence-electron chi connectivity index (χ4n) is 5.90. The maximum atomic E-state index is 13.8. The van der Waals surface area contributed by atoms with Crippen LogP contribution in [0.1, 0.15) is 71.6 Å². The number of carboxylic acids is 3. The summed E-state index contributed by atoms with van der Waals surface area (Å²) in [4.78, 5) is 115. The molecule has 0 aromatic rings. The van der Waals surface area contributed by atoms with Crippen molar-refractivity contribution in [3.63, 3.8) is 0 Å². The van der Waals surface area contributed by atoms with Crippen molar-refractivity contribution in [3.05, 3.63) is 0 Å². The fraction of sp³-hybridized carbons (Fsp3) is 0.667. The summed E-state index contributed by atoms with van der Waals surface area (Å²) in [5, 5.41) is 47.7. The number of hydrogen-bond donors (Lipinski definition) is 10. The first-order chi connectivity index (χ1) is 23.9.